The number of rotatable bonds is 5. The number of hydrogen-bond acceptors (Lipinski definition) is 6. The Balaban J connectivity index is 0.00000274. The maximum atomic E-state index is 13.5. The van der Waals surface area contributed by atoms with Gasteiger partial charge in [-0.1, -0.05) is 0 Å². The number of aromatic nitrogens is 3. The van der Waals surface area contributed by atoms with Crippen molar-refractivity contribution >= 4 is 40.7 Å². The van der Waals surface area contributed by atoms with E-state index >= 15 is 0 Å². The van der Waals surface area contributed by atoms with Crippen molar-refractivity contribution in [1.82, 2.24) is 25.2 Å². The highest BCUT2D eigenvalue weighted by atomic mass is 35.5. The first-order chi connectivity index (χ1) is 16.1. The van der Waals surface area contributed by atoms with Crippen molar-refractivity contribution in [3.63, 3.8) is 0 Å². The number of piperazine rings is 1. The van der Waals surface area contributed by atoms with Crippen molar-refractivity contribution in [2.24, 2.45) is 0 Å². The van der Waals surface area contributed by atoms with Crippen LogP contribution in [0.25, 0.3) is 22.3 Å². The van der Waals surface area contributed by atoms with Gasteiger partial charge in [0.05, 0.1) is 30.9 Å². The lowest BCUT2D eigenvalue weighted by Crippen LogP contribution is -2.46. The standard InChI is InChI=1S/C24H23FN6O2.ClH/c1-33-22-12-15(24(32)31-8-6-26-7-9-31)2-4-19(22)29-23-14-27-13-21(30-23)20-11-16-10-17(25)3-5-18(16)28-20;/h2-5,10-14,26,28H,6-9H2,1H3,(H,29,30);1H. The zero-order valence-corrected chi connectivity index (χ0v) is 19.3. The molecule has 0 aliphatic carbocycles. The van der Waals surface area contributed by atoms with E-state index < -0.39 is 0 Å². The number of fused-ring (bicyclic) bond motifs is 1. The smallest absolute Gasteiger partial charge is 0.254 e. The van der Waals surface area contributed by atoms with Gasteiger partial charge in [0.1, 0.15) is 23.1 Å². The average molecular weight is 483 g/mol. The van der Waals surface area contributed by atoms with Gasteiger partial charge < -0.3 is 25.3 Å². The molecule has 1 fully saturated rings. The number of halogens is 2. The number of aromatic amines is 1. The van der Waals surface area contributed by atoms with E-state index in [2.05, 4.69) is 25.6 Å². The fraction of sp³-hybridized carbons (Fsp3) is 0.208. The number of carbonyl (C=O) groups excluding carboxylic acids is 1. The first-order valence-electron chi connectivity index (χ1n) is 10.7. The lowest BCUT2D eigenvalue weighted by Gasteiger charge is -2.27. The first-order valence-corrected chi connectivity index (χ1v) is 10.7. The maximum Gasteiger partial charge on any atom is 0.254 e. The van der Waals surface area contributed by atoms with E-state index in [0.29, 0.717) is 41.6 Å². The van der Waals surface area contributed by atoms with E-state index in [9.17, 15) is 9.18 Å². The molecule has 0 spiro atoms. The molecule has 1 aliphatic rings. The van der Waals surface area contributed by atoms with Crippen LogP contribution in [-0.4, -0.2) is 59.0 Å². The number of nitrogens with zero attached hydrogens (tertiary/aromatic N) is 3. The number of carbonyl (C=O) groups is 1. The average Bonchev–Trinajstić information content (AvgIpc) is 3.28. The molecule has 8 nitrogen and oxygen atoms in total. The Labute approximate surface area is 202 Å². The summed E-state index contributed by atoms with van der Waals surface area (Å²) >= 11 is 0. The Kier molecular flexibility index (Phi) is 6.95. The highest BCUT2D eigenvalue weighted by Crippen LogP contribution is 2.30. The predicted octanol–water partition coefficient (Wildman–Crippen LogP) is 3.98. The fourth-order valence-corrected chi connectivity index (χ4v) is 3.91. The second-order valence-electron chi connectivity index (χ2n) is 7.79. The molecule has 1 aliphatic heterocycles. The molecule has 1 amide bonds. The third-order valence-electron chi connectivity index (χ3n) is 5.61. The molecule has 0 radical (unpaired) electrons. The third kappa shape index (κ3) is 4.80. The van der Waals surface area contributed by atoms with Crippen LogP contribution in [0.4, 0.5) is 15.9 Å². The molecule has 10 heteroatoms. The molecule has 2 aromatic heterocycles. The Hall–Kier alpha value is -3.69. The largest absolute Gasteiger partial charge is 0.495 e. The molecule has 176 valence electrons. The van der Waals surface area contributed by atoms with Gasteiger partial charge in [0.25, 0.3) is 5.91 Å². The van der Waals surface area contributed by atoms with Gasteiger partial charge in [0.2, 0.25) is 0 Å². The quantitative estimate of drug-likeness (QED) is 0.398. The van der Waals surface area contributed by atoms with Crippen molar-refractivity contribution in [2.75, 3.05) is 38.6 Å². The Morgan fingerprint density at radius 2 is 1.94 bits per heavy atom. The first kappa shape index (κ1) is 23.5. The van der Waals surface area contributed by atoms with Crippen LogP contribution in [0.1, 0.15) is 10.4 Å². The van der Waals surface area contributed by atoms with Gasteiger partial charge in [0.15, 0.2) is 0 Å². The lowest BCUT2D eigenvalue weighted by atomic mass is 10.1. The third-order valence-corrected chi connectivity index (χ3v) is 5.61. The molecule has 2 aromatic carbocycles. The van der Waals surface area contributed by atoms with Gasteiger partial charge in [-0.25, -0.2) is 9.37 Å². The Morgan fingerprint density at radius 3 is 2.74 bits per heavy atom. The fourth-order valence-electron chi connectivity index (χ4n) is 3.91. The summed E-state index contributed by atoms with van der Waals surface area (Å²) in [5, 5.41) is 7.22. The molecule has 1 saturated heterocycles. The van der Waals surface area contributed by atoms with Crippen LogP contribution in [0.15, 0.2) is 54.9 Å². The number of H-pyrrole nitrogens is 1. The van der Waals surface area contributed by atoms with Gasteiger partial charge in [-0.05, 0) is 42.5 Å². The van der Waals surface area contributed by atoms with Crippen LogP contribution in [0.3, 0.4) is 0 Å². The van der Waals surface area contributed by atoms with Gasteiger partial charge in [0, 0.05) is 42.6 Å². The van der Waals surface area contributed by atoms with E-state index in [0.717, 1.165) is 29.7 Å². The number of benzene rings is 2. The normalized spacial score (nSPS) is 13.4. The number of methoxy groups -OCH3 is 1. The van der Waals surface area contributed by atoms with Crippen LogP contribution in [0.2, 0.25) is 0 Å². The summed E-state index contributed by atoms with van der Waals surface area (Å²) in [6.45, 7) is 2.96. The van der Waals surface area contributed by atoms with Crippen molar-refractivity contribution in [3.8, 4) is 17.1 Å². The molecule has 4 aromatic rings. The lowest BCUT2D eigenvalue weighted by molar-refractivity contribution is 0.0735. The van der Waals surface area contributed by atoms with Crippen molar-refractivity contribution in [2.45, 2.75) is 0 Å². The molecular formula is C24H24ClFN6O2. The summed E-state index contributed by atoms with van der Waals surface area (Å²) in [7, 11) is 1.56. The van der Waals surface area contributed by atoms with Gasteiger partial charge in [-0.3, -0.25) is 9.78 Å². The van der Waals surface area contributed by atoms with Crippen LogP contribution in [-0.2, 0) is 0 Å². The Bertz CT molecular complexity index is 1320. The summed E-state index contributed by atoms with van der Waals surface area (Å²) in [5.41, 5.74) is 3.40. The van der Waals surface area contributed by atoms with E-state index in [1.54, 1.807) is 43.8 Å². The summed E-state index contributed by atoms with van der Waals surface area (Å²) < 4.78 is 19.0. The highest BCUT2D eigenvalue weighted by Gasteiger charge is 2.19. The predicted molar refractivity (Wildman–Crippen MR) is 132 cm³/mol. The molecule has 0 atom stereocenters. The number of hydrogen-bond donors (Lipinski definition) is 3. The van der Waals surface area contributed by atoms with Crippen molar-refractivity contribution in [3.05, 3.63) is 66.2 Å². The van der Waals surface area contributed by atoms with E-state index in [-0.39, 0.29) is 24.1 Å². The molecular weight excluding hydrogens is 459 g/mol. The number of anilines is 2. The number of ether oxygens (including phenoxy) is 1. The molecule has 34 heavy (non-hydrogen) atoms. The number of nitrogens with one attached hydrogen (secondary N) is 3. The second-order valence-corrected chi connectivity index (χ2v) is 7.79. The molecule has 0 unspecified atom stereocenters. The molecule has 0 bridgehead atoms. The van der Waals surface area contributed by atoms with Crippen LogP contribution >= 0.6 is 12.4 Å². The summed E-state index contributed by atoms with van der Waals surface area (Å²) in [5.74, 6) is 0.736. The zero-order chi connectivity index (χ0) is 22.8. The molecule has 3 N–H and O–H groups in total. The second kappa shape index (κ2) is 10.1. The summed E-state index contributed by atoms with van der Waals surface area (Å²) in [6.07, 6.45) is 3.24. The number of amides is 1. The molecule has 5 rings (SSSR count). The van der Waals surface area contributed by atoms with Crippen molar-refractivity contribution < 1.29 is 13.9 Å². The minimum Gasteiger partial charge on any atom is -0.495 e. The van der Waals surface area contributed by atoms with Gasteiger partial charge in [-0.15, -0.1) is 12.4 Å². The minimum atomic E-state index is -0.291. The van der Waals surface area contributed by atoms with Gasteiger partial charge >= 0.3 is 0 Å². The van der Waals surface area contributed by atoms with Crippen LogP contribution < -0.4 is 15.4 Å². The summed E-state index contributed by atoms with van der Waals surface area (Å²) in [4.78, 5) is 26.8. The highest BCUT2D eigenvalue weighted by molar-refractivity contribution is 5.95. The zero-order valence-electron chi connectivity index (χ0n) is 18.5. The van der Waals surface area contributed by atoms with E-state index in [1.165, 1.54) is 12.1 Å². The van der Waals surface area contributed by atoms with Crippen LogP contribution in [0, 0.1) is 5.82 Å². The molecule has 3 heterocycles. The van der Waals surface area contributed by atoms with Crippen molar-refractivity contribution in [1.29, 1.82) is 0 Å². The SMILES string of the molecule is COc1cc(C(=O)N2CCNCC2)ccc1Nc1cncc(-c2cc3cc(F)ccc3[nH]2)n1.Cl. The monoisotopic (exact) mass is 482 g/mol. The minimum absolute atomic E-state index is 0. The van der Waals surface area contributed by atoms with Crippen LogP contribution in [0.5, 0.6) is 5.75 Å². The Morgan fingerprint density at radius 1 is 1.12 bits per heavy atom. The van der Waals surface area contributed by atoms with Gasteiger partial charge in [-0.2, -0.15) is 0 Å². The summed E-state index contributed by atoms with van der Waals surface area (Å²) in [6, 6.07) is 11.7. The molecule has 0 saturated carbocycles. The van der Waals surface area contributed by atoms with E-state index in [1.807, 2.05) is 11.0 Å². The van der Waals surface area contributed by atoms with E-state index in [4.69, 9.17) is 4.74 Å². The topological polar surface area (TPSA) is 95.2 Å². The maximum absolute atomic E-state index is 13.5.